The van der Waals surface area contributed by atoms with Crippen molar-refractivity contribution >= 4 is 33.2 Å². The lowest BCUT2D eigenvalue weighted by atomic mass is 10.2. The number of benzene rings is 1. The van der Waals surface area contributed by atoms with Gasteiger partial charge in [0.05, 0.1) is 11.2 Å². The van der Waals surface area contributed by atoms with Crippen molar-refractivity contribution in [2.45, 2.75) is 19.8 Å². The first-order valence-electron chi connectivity index (χ1n) is 6.83. The van der Waals surface area contributed by atoms with E-state index >= 15 is 0 Å². The number of fused-ring (bicyclic) bond motifs is 1. The Labute approximate surface area is 131 Å². The molecule has 0 bridgehead atoms. The van der Waals surface area contributed by atoms with E-state index in [4.69, 9.17) is 11.6 Å². The second kappa shape index (κ2) is 6.00. The topological polar surface area (TPSA) is 34.9 Å². The summed E-state index contributed by atoms with van der Waals surface area (Å²) in [5.74, 6) is 1.34. The van der Waals surface area contributed by atoms with Crippen molar-refractivity contribution in [2.75, 3.05) is 5.88 Å². The molecule has 108 valence electrons. The molecule has 0 unspecified atom stereocenters. The summed E-state index contributed by atoms with van der Waals surface area (Å²) in [7, 11) is 0. The fourth-order valence-electron chi connectivity index (χ4n) is 2.41. The van der Waals surface area contributed by atoms with Crippen LogP contribution in [-0.2, 0) is 6.42 Å². The van der Waals surface area contributed by atoms with Crippen molar-refractivity contribution in [3.8, 4) is 5.69 Å². The van der Waals surface area contributed by atoms with Crippen LogP contribution in [0.1, 0.15) is 17.8 Å². The second-order valence-electron chi connectivity index (χ2n) is 4.88. The summed E-state index contributed by atoms with van der Waals surface area (Å²) < 4.78 is 2.44. The van der Waals surface area contributed by atoms with Crippen LogP contribution in [-0.4, -0.2) is 15.4 Å². The standard InChI is InChI=1S/C16H15ClN2OS/c1-11-5-2-3-6-13(11)19-14(7-4-9-17)18-12-8-10-21-15(12)16(19)20/h2-3,5-6,8,10H,4,7,9H2,1H3. The van der Waals surface area contributed by atoms with Crippen molar-refractivity contribution < 1.29 is 0 Å². The highest BCUT2D eigenvalue weighted by Gasteiger charge is 2.14. The number of alkyl halides is 1. The molecular weight excluding hydrogens is 304 g/mol. The minimum Gasteiger partial charge on any atom is -0.267 e. The van der Waals surface area contributed by atoms with Gasteiger partial charge in [-0.05, 0) is 36.4 Å². The average molecular weight is 319 g/mol. The molecule has 0 radical (unpaired) electrons. The summed E-state index contributed by atoms with van der Waals surface area (Å²) in [6, 6.07) is 9.78. The Morgan fingerprint density at radius 1 is 1.29 bits per heavy atom. The maximum atomic E-state index is 12.8. The van der Waals surface area contributed by atoms with Gasteiger partial charge in [0.2, 0.25) is 0 Å². The Kier molecular flexibility index (Phi) is 4.08. The van der Waals surface area contributed by atoms with Gasteiger partial charge in [0, 0.05) is 12.3 Å². The third-order valence-corrected chi connectivity index (χ3v) is 4.60. The Balaban J connectivity index is 2.30. The largest absolute Gasteiger partial charge is 0.276 e. The minimum atomic E-state index is 0.00822. The summed E-state index contributed by atoms with van der Waals surface area (Å²) in [4.78, 5) is 17.5. The van der Waals surface area contributed by atoms with Gasteiger partial charge in [0.25, 0.3) is 5.56 Å². The molecule has 0 atom stereocenters. The highest BCUT2D eigenvalue weighted by atomic mass is 35.5. The Morgan fingerprint density at radius 2 is 2.10 bits per heavy atom. The molecule has 2 aromatic heterocycles. The number of thiophene rings is 1. The third-order valence-electron chi connectivity index (χ3n) is 3.44. The van der Waals surface area contributed by atoms with Gasteiger partial charge in [-0.2, -0.15) is 0 Å². The predicted octanol–water partition coefficient (Wildman–Crippen LogP) is 3.93. The molecule has 0 N–H and O–H groups in total. The highest BCUT2D eigenvalue weighted by Crippen LogP contribution is 2.20. The summed E-state index contributed by atoms with van der Waals surface area (Å²) >= 11 is 7.24. The second-order valence-corrected chi connectivity index (χ2v) is 6.18. The van der Waals surface area contributed by atoms with Crippen molar-refractivity contribution in [3.05, 3.63) is 57.5 Å². The molecule has 0 aliphatic rings. The number of aryl methyl sites for hydroxylation is 2. The molecule has 3 nitrogen and oxygen atoms in total. The van der Waals surface area contributed by atoms with Crippen LogP contribution in [0.25, 0.3) is 15.9 Å². The van der Waals surface area contributed by atoms with E-state index in [0.717, 1.165) is 29.0 Å². The normalized spacial score (nSPS) is 11.1. The van der Waals surface area contributed by atoms with Crippen LogP contribution in [0, 0.1) is 6.92 Å². The predicted molar refractivity (Wildman–Crippen MR) is 89.0 cm³/mol. The van der Waals surface area contributed by atoms with Crippen LogP contribution in [0.2, 0.25) is 0 Å². The van der Waals surface area contributed by atoms with E-state index in [-0.39, 0.29) is 5.56 Å². The molecule has 5 heteroatoms. The van der Waals surface area contributed by atoms with Crippen molar-refractivity contribution in [2.24, 2.45) is 0 Å². The molecule has 3 aromatic rings. The van der Waals surface area contributed by atoms with E-state index < -0.39 is 0 Å². The highest BCUT2D eigenvalue weighted by molar-refractivity contribution is 7.17. The van der Waals surface area contributed by atoms with E-state index in [2.05, 4.69) is 4.98 Å². The molecule has 0 fully saturated rings. The van der Waals surface area contributed by atoms with E-state index in [1.54, 1.807) is 4.57 Å². The number of hydrogen-bond donors (Lipinski definition) is 0. The monoisotopic (exact) mass is 318 g/mol. The quantitative estimate of drug-likeness (QED) is 0.683. The fourth-order valence-corrected chi connectivity index (χ4v) is 3.31. The SMILES string of the molecule is Cc1ccccc1-n1c(CCCCl)nc2ccsc2c1=O. The van der Waals surface area contributed by atoms with Crippen molar-refractivity contribution in [3.63, 3.8) is 0 Å². The molecule has 0 aliphatic carbocycles. The van der Waals surface area contributed by atoms with Gasteiger partial charge < -0.3 is 0 Å². The van der Waals surface area contributed by atoms with Crippen molar-refractivity contribution in [1.29, 1.82) is 0 Å². The van der Waals surface area contributed by atoms with Gasteiger partial charge in [-0.1, -0.05) is 18.2 Å². The first-order chi connectivity index (χ1) is 10.2. The van der Waals surface area contributed by atoms with Crippen LogP contribution in [0.15, 0.2) is 40.5 Å². The zero-order valence-corrected chi connectivity index (χ0v) is 13.2. The van der Waals surface area contributed by atoms with E-state index in [1.807, 2.05) is 42.6 Å². The molecule has 1 aromatic carbocycles. The lowest BCUT2D eigenvalue weighted by Crippen LogP contribution is -2.24. The average Bonchev–Trinajstić information content (AvgIpc) is 2.95. The van der Waals surface area contributed by atoms with Gasteiger partial charge >= 0.3 is 0 Å². The minimum absolute atomic E-state index is 0.00822. The number of halogens is 1. The van der Waals surface area contributed by atoms with Gasteiger partial charge in [-0.15, -0.1) is 22.9 Å². The van der Waals surface area contributed by atoms with Gasteiger partial charge in [0.1, 0.15) is 10.5 Å². The van der Waals surface area contributed by atoms with Gasteiger partial charge in [-0.3, -0.25) is 9.36 Å². The fraction of sp³-hybridized carbons (Fsp3) is 0.250. The van der Waals surface area contributed by atoms with E-state index in [1.165, 1.54) is 11.3 Å². The maximum absolute atomic E-state index is 12.8. The molecule has 0 saturated carbocycles. The van der Waals surface area contributed by atoms with E-state index in [0.29, 0.717) is 17.0 Å². The molecule has 21 heavy (non-hydrogen) atoms. The molecule has 3 rings (SSSR count). The van der Waals surface area contributed by atoms with E-state index in [9.17, 15) is 4.79 Å². The number of hydrogen-bond acceptors (Lipinski definition) is 3. The summed E-state index contributed by atoms with van der Waals surface area (Å²) in [5.41, 5.74) is 2.74. The molecule has 0 aliphatic heterocycles. The summed E-state index contributed by atoms with van der Waals surface area (Å²) in [5, 5.41) is 1.91. The molecular formula is C16H15ClN2OS. The van der Waals surface area contributed by atoms with Crippen LogP contribution in [0.3, 0.4) is 0 Å². The van der Waals surface area contributed by atoms with Crippen LogP contribution in [0.4, 0.5) is 0 Å². The Bertz CT molecular complexity index is 838. The van der Waals surface area contributed by atoms with Crippen LogP contribution >= 0.6 is 22.9 Å². The zero-order chi connectivity index (χ0) is 14.8. The smallest absolute Gasteiger partial charge is 0.267 e. The van der Waals surface area contributed by atoms with Crippen LogP contribution < -0.4 is 5.56 Å². The number of rotatable bonds is 4. The van der Waals surface area contributed by atoms with Gasteiger partial charge in [0.15, 0.2) is 0 Å². The molecule has 0 spiro atoms. The lowest BCUT2D eigenvalue weighted by Gasteiger charge is -2.14. The van der Waals surface area contributed by atoms with Crippen LogP contribution in [0.5, 0.6) is 0 Å². The molecule has 2 heterocycles. The first kappa shape index (κ1) is 14.3. The Hall–Kier alpha value is -1.65. The number of para-hydroxylation sites is 1. The third kappa shape index (κ3) is 2.61. The summed E-state index contributed by atoms with van der Waals surface area (Å²) in [6.07, 6.45) is 1.49. The first-order valence-corrected chi connectivity index (χ1v) is 8.25. The van der Waals surface area contributed by atoms with Crippen molar-refractivity contribution in [1.82, 2.24) is 9.55 Å². The molecule has 0 saturated heterocycles. The lowest BCUT2D eigenvalue weighted by molar-refractivity contribution is 0.776. The zero-order valence-electron chi connectivity index (χ0n) is 11.7. The van der Waals surface area contributed by atoms with Gasteiger partial charge in [-0.25, -0.2) is 4.98 Å². The number of nitrogens with zero attached hydrogens (tertiary/aromatic N) is 2. The number of aromatic nitrogens is 2. The Morgan fingerprint density at radius 3 is 2.86 bits per heavy atom. The molecule has 0 amide bonds. The maximum Gasteiger partial charge on any atom is 0.276 e. The summed E-state index contributed by atoms with van der Waals surface area (Å²) in [6.45, 7) is 2.01.